The van der Waals surface area contributed by atoms with E-state index >= 15 is 0 Å². The first-order valence-corrected chi connectivity index (χ1v) is 7.39. The fraction of sp³-hybridized carbons (Fsp3) is 0.625. The van der Waals surface area contributed by atoms with Crippen molar-refractivity contribution in [3.8, 4) is 5.75 Å². The number of likely N-dealkylation sites (N-methyl/N-ethyl adjacent to an activating group) is 1. The first kappa shape index (κ1) is 14.4. The molecule has 1 N–H and O–H groups in total. The number of hydrogen-bond donors (Lipinski definition) is 1. The van der Waals surface area contributed by atoms with Crippen LogP contribution in [0.4, 0.5) is 0 Å². The van der Waals surface area contributed by atoms with Crippen LogP contribution in [0.25, 0.3) is 0 Å². The zero-order valence-corrected chi connectivity index (χ0v) is 11.8. The lowest BCUT2D eigenvalue weighted by atomic mass is 10.2. The van der Waals surface area contributed by atoms with Gasteiger partial charge < -0.3 is 9.84 Å². The third kappa shape index (κ3) is 4.51. The van der Waals surface area contributed by atoms with Gasteiger partial charge in [-0.15, -0.1) is 0 Å². The highest BCUT2D eigenvalue weighted by Gasteiger charge is 2.23. The number of aliphatic hydroxyl groups excluding tert-OH is 1. The maximum absolute atomic E-state index is 10.1. The van der Waals surface area contributed by atoms with Crippen LogP contribution < -0.4 is 4.74 Å². The summed E-state index contributed by atoms with van der Waals surface area (Å²) in [6.07, 6.45) is 4.80. The van der Waals surface area contributed by atoms with Crippen LogP contribution in [0.5, 0.6) is 5.75 Å². The maximum Gasteiger partial charge on any atom is 0.119 e. The number of benzene rings is 1. The molecule has 1 aliphatic carbocycles. The Balaban J connectivity index is 1.74. The highest BCUT2D eigenvalue weighted by Crippen LogP contribution is 2.23. The van der Waals surface area contributed by atoms with E-state index in [4.69, 9.17) is 4.74 Å². The van der Waals surface area contributed by atoms with Crippen LogP contribution in [-0.2, 0) is 0 Å². The van der Waals surface area contributed by atoms with Crippen LogP contribution in [0.2, 0.25) is 0 Å². The molecule has 0 radical (unpaired) electrons. The lowest BCUT2D eigenvalue weighted by Crippen LogP contribution is -2.41. The summed E-state index contributed by atoms with van der Waals surface area (Å²) in [5.74, 6) is 0.825. The maximum atomic E-state index is 10.1. The number of para-hydroxylation sites is 1. The molecule has 1 aromatic rings. The minimum absolute atomic E-state index is 0.368. The highest BCUT2D eigenvalue weighted by molar-refractivity contribution is 5.20. The lowest BCUT2D eigenvalue weighted by Gasteiger charge is -2.29. The molecule has 2 rings (SSSR count). The van der Waals surface area contributed by atoms with Crippen molar-refractivity contribution in [3.63, 3.8) is 0 Å². The first-order valence-electron chi connectivity index (χ1n) is 7.39. The molecule has 3 heteroatoms. The molecular formula is C16H25NO2. The van der Waals surface area contributed by atoms with Gasteiger partial charge in [0.25, 0.3) is 0 Å². The van der Waals surface area contributed by atoms with Crippen molar-refractivity contribution in [2.75, 3.05) is 19.7 Å². The summed E-state index contributed by atoms with van der Waals surface area (Å²) < 4.78 is 5.60. The second-order valence-electron chi connectivity index (χ2n) is 5.30. The molecule has 19 heavy (non-hydrogen) atoms. The van der Waals surface area contributed by atoms with Gasteiger partial charge in [0.15, 0.2) is 0 Å². The molecule has 1 aromatic carbocycles. The van der Waals surface area contributed by atoms with E-state index < -0.39 is 6.10 Å². The number of hydrogen-bond acceptors (Lipinski definition) is 3. The molecule has 0 aromatic heterocycles. The van der Waals surface area contributed by atoms with Gasteiger partial charge in [-0.05, 0) is 31.5 Å². The van der Waals surface area contributed by atoms with Crippen molar-refractivity contribution in [2.45, 2.75) is 44.8 Å². The predicted molar refractivity (Wildman–Crippen MR) is 77.4 cm³/mol. The molecule has 0 heterocycles. The second-order valence-corrected chi connectivity index (χ2v) is 5.30. The largest absolute Gasteiger partial charge is 0.491 e. The van der Waals surface area contributed by atoms with E-state index in [0.29, 0.717) is 19.2 Å². The summed E-state index contributed by atoms with van der Waals surface area (Å²) >= 11 is 0. The van der Waals surface area contributed by atoms with Crippen molar-refractivity contribution in [1.29, 1.82) is 0 Å². The molecular weight excluding hydrogens is 238 g/mol. The average molecular weight is 263 g/mol. The zero-order chi connectivity index (χ0) is 13.5. The standard InChI is InChI=1S/C16H25NO2/c1-2-17(14-8-6-7-9-14)12-15(18)13-19-16-10-4-3-5-11-16/h3-5,10-11,14-15,18H,2,6-9,12-13H2,1H3. The Morgan fingerprint density at radius 2 is 1.95 bits per heavy atom. The Bertz CT molecular complexity index is 349. The molecule has 1 aliphatic rings. The number of nitrogens with zero attached hydrogens (tertiary/aromatic N) is 1. The van der Waals surface area contributed by atoms with Crippen LogP contribution in [-0.4, -0.2) is 41.8 Å². The van der Waals surface area contributed by atoms with E-state index in [1.165, 1.54) is 25.7 Å². The van der Waals surface area contributed by atoms with Crippen molar-refractivity contribution in [3.05, 3.63) is 30.3 Å². The molecule has 0 saturated heterocycles. The average Bonchev–Trinajstić information content (AvgIpc) is 2.97. The van der Waals surface area contributed by atoms with E-state index in [9.17, 15) is 5.11 Å². The molecule has 0 bridgehead atoms. The second kappa shape index (κ2) is 7.51. The van der Waals surface area contributed by atoms with Crippen LogP contribution >= 0.6 is 0 Å². The van der Waals surface area contributed by atoms with Gasteiger partial charge in [0.2, 0.25) is 0 Å². The van der Waals surface area contributed by atoms with Gasteiger partial charge in [-0.1, -0.05) is 38.0 Å². The summed E-state index contributed by atoms with van der Waals surface area (Å²) in [6, 6.07) is 10.3. The van der Waals surface area contributed by atoms with E-state index in [-0.39, 0.29) is 0 Å². The van der Waals surface area contributed by atoms with Crippen LogP contribution in [0.1, 0.15) is 32.6 Å². The van der Waals surface area contributed by atoms with E-state index in [1.54, 1.807) is 0 Å². The summed E-state index contributed by atoms with van der Waals surface area (Å²) in [5.41, 5.74) is 0. The Morgan fingerprint density at radius 1 is 1.26 bits per heavy atom. The van der Waals surface area contributed by atoms with E-state index in [1.807, 2.05) is 30.3 Å². The Hall–Kier alpha value is -1.06. The van der Waals surface area contributed by atoms with Gasteiger partial charge in [0, 0.05) is 12.6 Å². The topological polar surface area (TPSA) is 32.7 Å². The van der Waals surface area contributed by atoms with Crippen molar-refractivity contribution in [2.24, 2.45) is 0 Å². The number of aliphatic hydroxyl groups is 1. The zero-order valence-electron chi connectivity index (χ0n) is 11.8. The molecule has 1 unspecified atom stereocenters. The molecule has 1 saturated carbocycles. The quantitative estimate of drug-likeness (QED) is 0.821. The van der Waals surface area contributed by atoms with Gasteiger partial charge >= 0.3 is 0 Å². The summed E-state index contributed by atoms with van der Waals surface area (Å²) in [5, 5.41) is 10.1. The van der Waals surface area contributed by atoms with Crippen LogP contribution in [0.3, 0.4) is 0 Å². The van der Waals surface area contributed by atoms with Crippen molar-refractivity contribution in [1.82, 2.24) is 4.90 Å². The molecule has 0 aliphatic heterocycles. The number of ether oxygens (including phenoxy) is 1. The van der Waals surface area contributed by atoms with Gasteiger partial charge in [0.05, 0.1) is 0 Å². The molecule has 1 atom stereocenters. The minimum atomic E-state index is -0.416. The normalized spacial score (nSPS) is 17.8. The molecule has 0 amide bonds. The van der Waals surface area contributed by atoms with E-state index in [0.717, 1.165) is 12.3 Å². The number of rotatable bonds is 7. The summed E-state index contributed by atoms with van der Waals surface area (Å²) in [7, 11) is 0. The Morgan fingerprint density at radius 3 is 2.58 bits per heavy atom. The third-order valence-electron chi connectivity index (χ3n) is 3.88. The van der Waals surface area contributed by atoms with Crippen LogP contribution in [0, 0.1) is 0 Å². The smallest absolute Gasteiger partial charge is 0.119 e. The fourth-order valence-electron chi connectivity index (χ4n) is 2.84. The van der Waals surface area contributed by atoms with Crippen molar-refractivity contribution >= 4 is 0 Å². The predicted octanol–water partition coefficient (Wildman–Crippen LogP) is 2.69. The summed E-state index contributed by atoms with van der Waals surface area (Å²) in [4.78, 5) is 2.39. The molecule has 3 nitrogen and oxygen atoms in total. The van der Waals surface area contributed by atoms with E-state index in [2.05, 4.69) is 11.8 Å². The molecule has 106 valence electrons. The highest BCUT2D eigenvalue weighted by atomic mass is 16.5. The van der Waals surface area contributed by atoms with Gasteiger partial charge in [0.1, 0.15) is 18.5 Å². The summed E-state index contributed by atoms with van der Waals surface area (Å²) in [6.45, 7) is 4.26. The molecule has 0 spiro atoms. The monoisotopic (exact) mass is 263 g/mol. The van der Waals surface area contributed by atoms with Gasteiger partial charge in [-0.2, -0.15) is 0 Å². The Labute approximate surface area is 116 Å². The minimum Gasteiger partial charge on any atom is -0.491 e. The van der Waals surface area contributed by atoms with Crippen LogP contribution in [0.15, 0.2) is 30.3 Å². The third-order valence-corrected chi connectivity index (χ3v) is 3.88. The first-order chi connectivity index (χ1) is 9.29. The Kier molecular flexibility index (Phi) is 5.67. The van der Waals surface area contributed by atoms with Crippen molar-refractivity contribution < 1.29 is 9.84 Å². The van der Waals surface area contributed by atoms with Gasteiger partial charge in [-0.3, -0.25) is 4.90 Å². The van der Waals surface area contributed by atoms with Gasteiger partial charge in [-0.25, -0.2) is 0 Å². The molecule has 1 fully saturated rings. The fourth-order valence-corrected chi connectivity index (χ4v) is 2.84. The lowest BCUT2D eigenvalue weighted by molar-refractivity contribution is 0.0551. The SMILES string of the molecule is CCN(CC(O)COc1ccccc1)C1CCCC1.